The molecule has 2 aliphatic heterocycles. The Morgan fingerprint density at radius 3 is 2.58 bits per heavy atom. The second-order valence-corrected chi connectivity index (χ2v) is 12.3. The lowest BCUT2D eigenvalue weighted by atomic mass is 9.96. The number of carbonyl (C=O) groups is 2. The van der Waals surface area contributed by atoms with E-state index in [1.807, 2.05) is 4.90 Å². The van der Waals surface area contributed by atoms with E-state index in [0.717, 1.165) is 31.6 Å². The van der Waals surface area contributed by atoms with E-state index in [4.69, 9.17) is 11.6 Å². The van der Waals surface area contributed by atoms with Gasteiger partial charge in [-0.15, -0.1) is 0 Å². The Labute approximate surface area is 236 Å². The number of piperazine rings is 1. The number of rotatable bonds is 9. The molecule has 212 valence electrons. The van der Waals surface area contributed by atoms with Gasteiger partial charge in [-0.25, -0.2) is 14.8 Å². The van der Waals surface area contributed by atoms with Gasteiger partial charge in [-0.2, -0.15) is 0 Å². The van der Waals surface area contributed by atoms with Gasteiger partial charge in [-0.05, 0) is 52.5 Å². The highest BCUT2D eigenvalue weighted by atomic mass is 35.5. The fourth-order valence-corrected chi connectivity index (χ4v) is 6.68. The van der Waals surface area contributed by atoms with Gasteiger partial charge in [0.25, 0.3) is 0 Å². The maximum atomic E-state index is 12.9. The number of urea groups is 1. The standard InChI is InChI=1S/C27H44ClN7O2S/c1-20-9-6-7-13-33(20)14-8-12-29-25(36)19-38-26-31-23(28)17-24(32-26)34-15-16-35(21(2)18-34)27(37)30-22-10-4-3-5-11-22/h17,20-22H,3-16,18-19H2,1-2H3,(H,29,36)(H,30,37). The van der Waals surface area contributed by atoms with E-state index in [2.05, 4.69) is 44.2 Å². The van der Waals surface area contributed by atoms with Crippen LogP contribution in [0.5, 0.6) is 0 Å². The highest BCUT2D eigenvalue weighted by Gasteiger charge is 2.30. The number of nitrogens with zero attached hydrogens (tertiary/aromatic N) is 5. The van der Waals surface area contributed by atoms with Crippen molar-refractivity contribution in [3.05, 3.63) is 11.2 Å². The maximum Gasteiger partial charge on any atom is 0.317 e. The molecular formula is C27H44ClN7O2S. The largest absolute Gasteiger partial charge is 0.355 e. The van der Waals surface area contributed by atoms with Crippen molar-refractivity contribution in [2.24, 2.45) is 0 Å². The highest BCUT2D eigenvalue weighted by Crippen LogP contribution is 2.25. The molecule has 3 amide bonds. The van der Waals surface area contributed by atoms with E-state index in [0.29, 0.717) is 48.6 Å². The van der Waals surface area contributed by atoms with E-state index in [1.54, 1.807) is 6.07 Å². The molecule has 1 saturated carbocycles. The molecule has 0 bridgehead atoms. The molecule has 4 rings (SSSR count). The predicted octanol–water partition coefficient (Wildman–Crippen LogP) is 4.16. The van der Waals surface area contributed by atoms with Crippen molar-refractivity contribution in [2.45, 2.75) is 94.9 Å². The number of hydrogen-bond donors (Lipinski definition) is 2. The van der Waals surface area contributed by atoms with Crippen LogP contribution in [0.1, 0.15) is 71.6 Å². The molecule has 0 aromatic carbocycles. The van der Waals surface area contributed by atoms with Crippen LogP contribution >= 0.6 is 23.4 Å². The molecule has 2 atom stereocenters. The van der Waals surface area contributed by atoms with Crippen molar-refractivity contribution >= 4 is 41.1 Å². The van der Waals surface area contributed by atoms with Crippen LogP contribution in [-0.4, -0.2) is 94.9 Å². The predicted molar refractivity (Wildman–Crippen MR) is 154 cm³/mol. The monoisotopic (exact) mass is 565 g/mol. The zero-order valence-corrected chi connectivity index (χ0v) is 24.5. The maximum absolute atomic E-state index is 12.9. The topological polar surface area (TPSA) is 93.7 Å². The van der Waals surface area contributed by atoms with Crippen molar-refractivity contribution in [2.75, 3.05) is 49.9 Å². The fourth-order valence-electron chi connectivity index (χ4n) is 5.76. The molecule has 2 unspecified atom stereocenters. The van der Waals surface area contributed by atoms with Gasteiger partial charge in [-0.3, -0.25) is 4.79 Å². The lowest BCUT2D eigenvalue weighted by molar-refractivity contribution is -0.118. The minimum Gasteiger partial charge on any atom is -0.355 e. The SMILES string of the molecule is CC1CCCCN1CCCNC(=O)CSc1nc(Cl)cc(N2CCN(C(=O)NC3CCCCC3)C(C)C2)n1. The van der Waals surface area contributed by atoms with Crippen LogP contribution in [0.4, 0.5) is 10.6 Å². The Morgan fingerprint density at radius 1 is 1.03 bits per heavy atom. The summed E-state index contributed by atoms with van der Waals surface area (Å²) in [5.41, 5.74) is 0. The first-order valence-electron chi connectivity index (χ1n) is 14.4. The number of nitrogens with one attached hydrogen (secondary N) is 2. The summed E-state index contributed by atoms with van der Waals surface area (Å²) in [6.45, 7) is 9.22. The second kappa shape index (κ2) is 14.6. The van der Waals surface area contributed by atoms with Gasteiger partial charge >= 0.3 is 6.03 Å². The number of piperidine rings is 1. The Balaban J connectivity index is 1.20. The van der Waals surface area contributed by atoms with Gasteiger partial charge in [-0.1, -0.05) is 49.0 Å². The Kier molecular flexibility index (Phi) is 11.2. The van der Waals surface area contributed by atoms with E-state index in [9.17, 15) is 9.59 Å². The summed E-state index contributed by atoms with van der Waals surface area (Å²) in [6.07, 6.45) is 10.7. The van der Waals surface area contributed by atoms with Crippen LogP contribution in [-0.2, 0) is 4.79 Å². The summed E-state index contributed by atoms with van der Waals surface area (Å²) in [4.78, 5) is 40.9. The average Bonchev–Trinajstić information content (AvgIpc) is 2.91. The number of aromatic nitrogens is 2. The number of hydrogen-bond acceptors (Lipinski definition) is 7. The lowest BCUT2D eigenvalue weighted by Gasteiger charge is -2.41. The summed E-state index contributed by atoms with van der Waals surface area (Å²) in [5, 5.41) is 7.11. The summed E-state index contributed by atoms with van der Waals surface area (Å²) in [7, 11) is 0. The van der Waals surface area contributed by atoms with Crippen molar-refractivity contribution in [1.82, 2.24) is 30.4 Å². The van der Waals surface area contributed by atoms with E-state index < -0.39 is 0 Å². The summed E-state index contributed by atoms with van der Waals surface area (Å²) >= 11 is 7.63. The molecule has 2 saturated heterocycles. The number of anilines is 1. The minimum absolute atomic E-state index is 0.0157. The molecule has 3 heterocycles. The summed E-state index contributed by atoms with van der Waals surface area (Å²) < 4.78 is 0. The molecule has 2 N–H and O–H groups in total. The van der Waals surface area contributed by atoms with Crippen LogP contribution in [0.15, 0.2) is 11.2 Å². The summed E-state index contributed by atoms with van der Waals surface area (Å²) in [6, 6.07) is 2.80. The fraction of sp³-hybridized carbons (Fsp3) is 0.778. The number of thioether (sulfide) groups is 1. The van der Waals surface area contributed by atoms with Crippen molar-refractivity contribution < 1.29 is 9.59 Å². The van der Waals surface area contributed by atoms with Gasteiger partial charge < -0.3 is 25.3 Å². The normalized spacial score (nSPS) is 23.3. The molecule has 3 aliphatic rings. The van der Waals surface area contributed by atoms with E-state index >= 15 is 0 Å². The third-order valence-electron chi connectivity index (χ3n) is 8.02. The third-order valence-corrected chi connectivity index (χ3v) is 9.06. The first-order chi connectivity index (χ1) is 18.4. The quantitative estimate of drug-likeness (QED) is 0.201. The van der Waals surface area contributed by atoms with Gasteiger partial charge in [0.15, 0.2) is 5.16 Å². The molecule has 3 fully saturated rings. The van der Waals surface area contributed by atoms with Gasteiger partial charge in [0.2, 0.25) is 5.91 Å². The van der Waals surface area contributed by atoms with Crippen LogP contribution in [0.25, 0.3) is 0 Å². The van der Waals surface area contributed by atoms with Gasteiger partial charge in [0.05, 0.1) is 5.75 Å². The molecule has 38 heavy (non-hydrogen) atoms. The van der Waals surface area contributed by atoms with E-state index in [-0.39, 0.29) is 23.7 Å². The first kappa shape index (κ1) is 29.2. The molecule has 1 aromatic heterocycles. The third kappa shape index (κ3) is 8.61. The van der Waals surface area contributed by atoms with Crippen LogP contribution in [0.2, 0.25) is 5.15 Å². The molecule has 0 radical (unpaired) electrons. The Hall–Kier alpha value is -1.78. The number of amides is 3. The molecule has 9 nitrogen and oxygen atoms in total. The van der Waals surface area contributed by atoms with Crippen LogP contribution < -0.4 is 15.5 Å². The van der Waals surface area contributed by atoms with Gasteiger partial charge in [0.1, 0.15) is 11.0 Å². The minimum atomic E-state index is -0.0157. The average molecular weight is 566 g/mol. The lowest BCUT2D eigenvalue weighted by Crippen LogP contribution is -2.58. The van der Waals surface area contributed by atoms with E-state index in [1.165, 1.54) is 56.8 Å². The first-order valence-corrected chi connectivity index (χ1v) is 15.8. The Morgan fingerprint density at radius 2 is 1.82 bits per heavy atom. The van der Waals surface area contributed by atoms with Crippen molar-refractivity contribution in [3.8, 4) is 0 Å². The van der Waals surface area contributed by atoms with Crippen LogP contribution in [0, 0.1) is 0 Å². The van der Waals surface area contributed by atoms with Gasteiger partial charge in [0, 0.05) is 56.9 Å². The number of carbonyl (C=O) groups excluding carboxylic acids is 2. The van der Waals surface area contributed by atoms with Crippen molar-refractivity contribution in [1.29, 1.82) is 0 Å². The number of halogens is 1. The smallest absolute Gasteiger partial charge is 0.317 e. The molecule has 1 aromatic rings. The van der Waals surface area contributed by atoms with Crippen LogP contribution in [0.3, 0.4) is 0 Å². The second-order valence-electron chi connectivity index (χ2n) is 11.0. The molecule has 11 heteroatoms. The van der Waals surface area contributed by atoms with Crippen molar-refractivity contribution in [3.63, 3.8) is 0 Å². The molecule has 1 aliphatic carbocycles. The molecule has 0 spiro atoms. The zero-order valence-electron chi connectivity index (χ0n) is 23.0. The zero-order chi connectivity index (χ0) is 26.9. The summed E-state index contributed by atoms with van der Waals surface area (Å²) in [5.74, 6) is 0.978. The molecular weight excluding hydrogens is 522 g/mol. The Bertz CT molecular complexity index is 933. The number of likely N-dealkylation sites (tertiary alicyclic amines) is 1. The highest BCUT2D eigenvalue weighted by molar-refractivity contribution is 7.99.